The van der Waals surface area contributed by atoms with Gasteiger partial charge >= 0.3 is 6.18 Å². The second kappa shape index (κ2) is 15.6. The second-order valence-electron chi connectivity index (χ2n) is 5.49. The number of ether oxygens (including phenoxy) is 3. The van der Waals surface area contributed by atoms with E-state index in [0.29, 0.717) is 45.4 Å². The van der Waals surface area contributed by atoms with Crippen LogP contribution in [0.5, 0.6) is 5.75 Å². The highest BCUT2D eigenvalue weighted by Crippen LogP contribution is 2.35. The van der Waals surface area contributed by atoms with E-state index in [1.54, 1.807) is 7.11 Å². The van der Waals surface area contributed by atoms with Gasteiger partial charge in [-0.15, -0.1) is 24.0 Å². The van der Waals surface area contributed by atoms with Crippen molar-refractivity contribution in [3.63, 3.8) is 0 Å². The first-order valence-electron chi connectivity index (χ1n) is 8.87. The van der Waals surface area contributed by atoms with Crippen molar-refractivity contribution in [3.05, 3.63) is 29.8 Å². The number of nitrogens with one attached hydrogen (secondary N) is 2. The van der Waals surface area contributed by atoms with Crippen LogP contribution in [-0.2, 0) is 15.7 Å². The lowest BCUT2D eigenvalue weighted by atomic mass is 10.2. The maximum absolute atomic E-state index is 12.9. The van der Waals surface area contributed by atoms with Gasteiger partial charge in [0.05, 0.1) is 25.3 Å². The van der Waals surface area contributed by atoms with Crippen molar-refractivity contribution in [2.24, 2.45) is 4.99 Å². The van der Waals surface area contributed by atoms with Crippen molar-refractivity contribution in [1.82, 2.24) is 10.6 Å². The molecule has 1 aromatic carbocycles. The number of rotatable bonds is 12. The summed E-state index contributed by atoms with van der Waals surface area (Å²) < 4.78 is 54.3. The summed E-state index contributed by atoms with van der Waals surface area (Å²) in [7, 11) is 1.62. The summed E-state index contributed by atoms with van der Waals surface area (Å²) in [5.74, 6) is 0.407. The lowest BCUT2D eigenvalue weighted by Gasteiger charge is -2.15. The highest BCUT2D eigenvalue weighted by atomic mass is 127. The molecule has 162 valence electrons. The van der Waals surface area contributed by atoms with E-state index in [2.05, 4.69) is 15.6 Å². The number of methoxy groups -OCH3 is 1. The fourth-order valence-electron chi connectivity index (χ4n) is 2.10. The van der Waals surface area contributed by atoms with E-state index in [-0.39, 0.29) is 36.3 Å². The lowest BCUT2D eigenvalue weighted by Crippen LogP contribution is -2.39. The normalized spacial score (nSPS) is 11.7. The number of hydrogen-bond acceptors (Lipinski definition) is 4. The number of halogens is 4. The first kappa shape index (κ1) is 26.7. The number of benzene rings is 1. The molecule has 1 aromatic rings. The van der Waals surface area contributed by atoms with Gasteiger partial charge in [0.2, 0.25) is 0 Å². The Morgan fingerprint density at radius 1 is 1.07 bits per heavy atom. The quantitative estimate of drug-likeness (QED) is 0.192. The molecule has 0 radical (unpaired) electrons. The van der Waals surface area contributed by atoms with Crippen molar-refractivity contribution in [2.75, 3.05) is 53.2 Å². The van der Waals surface area contributed by atoms with Crippen LogP contribution in [0, 0.1) is 0 Å². The Morgan fingerprint density at radius 3 is 2.50 bits per heavy atom. The smallest absolute Gasteiger partial charge is 0.419 e. The van der Waals surface area contributed by atoms with Gasteiger partial charge in [0, 0.05) is 26.8 Å². The lowest BCUT2D eigenvalue weighted by molar-refractivity contribution is -0.138. The molecule has 0 saturated heterocycles. The topological polar surface area (TPSA) is 64.1 Å². The van der Waals surface area contributed by atoms with E-state index in [4.69, 9.17) is 14.2 Å². The van der Waals surface area contributed by atoms with Gasteiger partial charge in [-0.25, -0.2) is 0 Å². The van der Waals surface area contributed by atoms with E-state index in [9.17, 15) is 13.2 Å². The number of alkyl halides is 3. The molecule has 28 heavy (non-hydrogen) atoms. The molecule has 0 amide bonds. The third-order valence-electron chi connectivity index (χ3n) is 3.34. The summed E-state index contributed by atoms with van der Waals surface area (Å²) in [5, 5.41) is 6.10. The highest BCUT2D eigenvalue weighted by Gasteiger charge is 2.33. The Morgan fingerprint density at radius 2 is 1.82 bits per heavy atom. The molecule has 0 atom stereocenters. The molecule has 1 rings (SSSR count). The number of para-hydroxylation sites is 1. The maximum Gasteiger partial charge on any atom is 0.419 e. The third kappa shape index (κ3) is 11.5. The minimum atomic E-state index is -4.44. The molecule has 0 aromatic heterocycles. The number of nitrogens with zero attached hydrogens (tertiary/aromatic N) is 1. The Hall–Kier alpha value is -1.27. The van der Waals surface area contributed by atoms with Gasteiger partial charge < -0.3 is 24.8 Å². The molecule has 0 heterocycles. The molecule has 0 saturated carbocycles. The van der Waals surface area contributed by atoms with E-state index in [1.165, 1.54) is 18.2 Å². The van der Waals surface area contributed by atoms with Crippen LogP contribution < -0.4 is 15.4 Å². The van der Waals surface area contributed by atoms with Crippen molar-refractivity contribution < 1.29 is 27.4 Å². The standard InChI is InChI=1S/C18H28F3N3O3.HI/c1-3-22-17(23-9-6-11-26-14-13-25-2)24-10-12-27-16-8-5-4-7-15(16)18(19,20)21;/h4-5,7-8H,3,6,9-14H2,1-2H3,(H2,22,23,24);1H. The van der Waals surface area contributed by atoms with E-state index in [0.717, 1.165) is 12.5 Å². The number of guanidine groups is 1. The Bertz CT molecular complexity index is 560. The molecular weight excluding hydrogens is 490 g/mol. The van der Waals surface area contributed by atoms with Crippen LogP contribution >= 0.6 is 24.0 Å². The summed E-state index contributed by atoms with van der Waals surface area (Å²) in [6.45, 7) is 5.28. The zero-order valence-electron chi connectivity index (χ0n) is 16.2. The van der Waals surface area contributed by atoms with Crippen LogP contribution in [0.15, 0.2) is 29.3 Å². The van der Waals surface area contributed by atoms with Crippen molar-refractivity contribution in [1.29, 1.82) is 0 Å². The fraction of sp³-hybridized carbons (Fsp3) is 0.611. The van der Waals surface area contributed by atoms with Crippen LogP contribution in [0.25, 0.3) is 0 Å². The molecule has 0 aliphatic rings. The SMILES string of the molecule is CCNC(=NCCCOCCOC)NCCOc1ccccc1C(F)(F)F.I. The van der Waals surface area contributed by atoms with Crippen LogP contribution in [0.4, 0.5) is 13.2 Å². The van der Waals surface area contributed by atoms with Gasteiger partial charge in [-0.1, -0.05) is 12.1 Å². The molecular formula is C18H29F3IN3O3. The Labute approximate surface area is 181 Å². The fourth-order valence-corrected chi connectivity index (χ4v) is 2.10. The molecule has 10 heteroatoms. The van der Waals surface area contributed by atoms with E-state index < -0.39 is 11.7 Å². The molecule has 0 fully saturated rings. The summed E-state index contributed by atoms with van der Waals surface area (Å²) in [4.78, 5) is 4.38. The van der Waals surface area contributed by atoms with Crippen LogP contribution in [0.3, 0.4) is 0 Å². The van der Waals surface area contributed by atoms with Gasteiger partial charge in [0.25, 0.3) is 0 Å². The van der Waals surface area contributed by atoms with Gasteiger partial charge in [0.1, 0.15) is 12.4 Å². The summed E-state index contributed by atoms with van der Waals surface area (Å²) >= 11 is 0. The zero-order valence-corrected chi connectivity index (χ0v) is 18.5. The van der Waals surface area contributed by atoms with E-state index >= 15 is 0 Å². The minimum absolute atomic E-state index is 0. The van der Waals surface area contributed by atoms with Crippen LogP contribution in [0.2, 0.25) is 0 Å². The molecule has 0 aliphatic heterocycles. The molecule has 2 N–H and O–H groups in total. The predicted molar refractivity (Wildman–Crippen MR) is 114 cm³/mol. The summed E-state index contributed by atoms with van der Waals surface area (Å²) in [6, 6.07) is 5.16. The van der Waals surface area contributed by atoms with Crippen molar-refractivity contribution >= 4 is 29.9 Å². The van der Waals surface area contributed by atoms with Gasteiger partial charge in [-0.05, 0) is 25.5 Å². The monoisotopic (exact) mass is 519 g/mol. The van der Waals surface area contributed by atoms with Crippen molar-refractivity contribution in [3.8, 4) is 5.75 Å². The molecule has 6 nitrogen and oxygen atoms in total. The van der Waals surface area contributed by atoms with Gasteiger partial charge in [-0.3, -0.25) is 4.99 Å². The van der Waals surface area contributed by atoms with Gasteiger partial charge in [0.15, 0.2) is 5.96 Å². The first-order valence-corrected chi connectivity index (χ1v) is 8.87. The first-order chi connectivity index (χ1) is 13.0. The largest absolute Gasteiger partial charge is 0.491 e. The third-order valence-corrected chi connectivity index (χ3v) is 3.34. The van der Waals surface area contributed by atoms with Crippen molar-refractivity contribution in [2.45, 2.75) is 19.5 Å². The Balaban J connectivity index is 0.00000729. The minimum Gasteiger partial charge on any atom is -0.491 e. The molecule has 0 unspecified atom stereocenters. The molecule has 0 spiro atoms. The summed E-state index contributed by atoms with van der Waals surface area (Å²) in [5.41, 5.74) is -0.779. The van der Waals surface area contributed by atoms with E-state index in [1.807, 2.05) is 6.92 Å². The maximum atomic E-state index is 12.9. The average molecular weight is 519 g/mol. The Kier molecular flexibility index (Phi) is 14.9. The summed E-state index contributed by atoms with van der Waals surface area (Å²) in [6.07, 6.45) is -3.68. The van der Waals surface area contributed by atoms with Crippen LogP contribution in [0.1, 0.15) is 18.9 Å². The second-order valence-corrected chi connectivity index (χ2v) is 5.49. The van der Waals surface area contributed by atoms with Gasteiger partial charge in [-0.2, -0.15) is 13.2 Å². The molecule has 0 bridgehead atoms. The highest BCUT2D eigenvalue weighted by molar-refractivity contribution is 14.0. The number of aliphatic imine (C=N–C) groups is 1. The zero-order chi connectivity index (χ0) is 20.0. The predicted octanol–water partition coefficient (Wildman–Crippen LogP) is 3.31. The van der Waals surface area contributed by atoms with Crippen LogP contribution in [-0.4, -0.2) is 59.1 Å². The number of hydrogen-bond donors (Lipinski definition) is 2. The average Bonchev–Trinajstić information content (AvgIpc) is 2.64. The molecule has 0 aliphatic carbocycles.